The van der Waals surface area contributed by atoms with Gasteiger partial charge in [-0.15, -0.1) is 0 Å². The van der Waals surface area contributed by atoms with Crippen LogP contribution < -0.4 is 4.74 Å². The molecular weight excluding hydrogens is 300 g/mol. The van der Waals surface area contributed by atoms with Gasteiger partial charge in [0.05, 0.1) is 0 Å². The molecule has 0 amide bonds. The van der Waals surface area contributed by atoms with Gasteiger partial charge in [0.2, 0.25) is 0 Å². The van der Waals surface area contributed by atoms with Crippen LogP contribution in [-0.4, -0.2) is 16.3 Å². The van der Waals surface area contributed by atoms with Gasteiger partial charge in [0, 0.05) is 17.8 Å². The van der Waals surface area contributed by atoms with Crippen LogP contribution >= 0.6 is 0 Å². The SMILES string of the molecule is C=CC=Nc1c(O)ccc2c(Oc3cc(C)cc(C)c3)ccnc12. The maximum absolute atomic E-state index is 10.1. The van der Waals surface area contributed by atoms with Gasteiger partial charge < -0.3 is 9.84 Å². The van der Waals surface area contributed by atoms with Gasteiger partial charge in [0.25, 0.3) is 0 Å². The normalized spacial score (nSPS) is 11.1. The summed E-state index contributed by atoms with van der Waals surface area (Å²) in [5, 5.41) is 10.8. The summed E-state index contributed by atoms with van der Waals surface area (Å²) >= 11 is 0. The molecule has 120 valence electrons. The number of fused-ring (bicyclic) bond motifs is 1. The molecule has 0 spiro atoms. The third-order valence-electron chi connectivity index (χ3n) is 3.56. The second kappa shape index (κ2) is 6.54. The van der Waals surface area contributed by atoms with Crippen molar-refractivity contribution in [3.8, 4) is 17.2 Å². The summed E-state index contributed by atoms with van der Waals surface area (Å²) in [6.07, 6.45) is 4.72. The van der Waals surface area contributed by atoms with Gasteiger partial charge >= 0.3 is 0 Å². The first-order chi connectivity index (χ1) is 11.6. The topological polar surface area (TPSA) is 54.7 Å². The number of aryl methyl sites for hydroxylation is 2. The molecule has 0 atom stereocenters. The first kappa shape index (κ1) is 15.7. The van der Waals surface area contributed by atoms with E-state index in [0.717, 1.165) is 22.3 Å². The number of pyridine rings is 1. The molecule has 0 fully saturated rings. The summed E-state index contributed by atoms with van der Waals surface area (Å²) in [5.74, 6) is 1.50. The van der Waals surface area contributed by atoms with Crippen molar-refractivity contribution in [2.24, 2.45) is 4.99 Å². The number of hydrogen-bond acceptors (Lipinski definition) is 4. The Labute approximate surface area is 140 Å². The molecule has 3 aromatic rings. The van der Waals surface area contributed by atoms with Crippen molar-refractivity contribution in [1.82, 2.24) is 4.98 Å². The Bertz CT molecular complexity index is 926. The van der Waals surface area contributed by atoms with E-state index in [1.54, 1.807) is 30.5 Å². The van der Waals surface area contributed by atoms with Gasteiger partial charge in [-0.05, 0) is 55.3 Å². The highest BCUT2D eigenvalue weighted by molar-refractivity contribution is 5.97. The fraction of sp³-hybridized carbons (Fsp3) is 0.100. The van der Waals surface area contributed by atoms with Crippen molar-refractivity contribution >= 4 is 22.8 Å². The zero-order valence-electron chi connectivity index (χ0n) is 13.7. The zero-order valence-corrected chi connectivity index (χ0v) is 13.7. The van der Waals surface area contributed by atoms with E-state index in [4.69, 9.17) is 4.74 Å². The van der Waals surface area contributed by atoms with Gasteiger partial charge in [0.15, 0.2) is 0 Å². The largest absolute Gasteiger partial charge is 0.506 e. The number of aromatic hydroxyl groups is 1. The minimum absolute atomic E-state index is 0.0663. The average molecular weight is 318 g/mol. The molecule has 0 saturated heterocycles. The molecule has 4 nitrogen and oxygen atoms in total. The van der Waals surface area contributed by atoms with Crippen LogP contribution in [0, 0.1) is 13.8 Å². The molecule has 2 aromatic carbocycles. The fourth-order valence-electron chi connectivity index (χ4n) is 2.63. The standard InChI is InChI=1S/C20H18N2O2/c1-4-8-21-20-17(23)6-5-16-18(7-9-22-19(16)20)24-15-11-13(2)10-14(3)12-15/h4-12,23H,1H2,2-3H3. The maximum atomic E-state index is 10.1. The molecule has 1 N–H and O–H groups in total. The van der Waals surface area contributed by atoms with Crippen LogP contribution in [0.3, 0.4) is 0 Å². The molecule has 1 heterocycles. The molecule has 1 aromatic heterocycles. The lowest BCUT2D eigenvalue weighted by molar-refractivity contribution is 0.477. The van der Waals surface area contributed by atoms with Gasteiger partial charge in [-0.3, -0.25) is 9.98 Å². The molecular formula is C20H18N2O2. The minimum atomic E-state index is 0.0663. The first-order valence-electron chi connectivity index (χ1n) is 7.60. The first-order valence-corrected chi connectivity index (χ1v) is 7.60. The summed E-state index contributed by atoms with van der Waals surface area (Å²) in [7, 11) is 0. The highest BCUT2D eigenvalue weighted by atomic mass is 16.5. The molecule has 0 unspecified atom stereocenters. The molecule has 0 bridgehead atoms. The Kier molecular flexibility index (Phi) is 4.29. The van der Waals surface area contributed by atoms with Gasteiger partial charge in [-0.2, -0.15) is 0 Å². The van der Waals surface area contributed by atoms with Crippen molar-refractivity contribution in [1.29, 1.82) is 0 Å². The lowest BCUT2D eigenvalue weighted by atomic mass is 10.1. The molecule has 0 radical (unpaired) electrons. The van der Waals surface area contributed by atoms with E-state index >= 15 is 0 Å². The van der Waals surface area contributed by atoms with Crippen LogP contribution in [0.25, 0.3) is 10.9 Å². The number of ether oxygens (including phenoxy) is 1. The number of hydrogen-bond donors (Lipinski definition) is 1. The predicted octanol–water partition coefficient (Wildman–Crippen LogP) is 5.24. The molecule has 0 aliphatic carbocycles. The molecule has 3 rings (SSSR count). The van der Waals surface area contributed by atoms with E-state index < -0.39 is 0 Å². The van der Waals surface area contributed by atoms with Crippen LogP contribution in [0.5, 0.6) is 17.2 Å². The Hall–Kier alpha value is -3.14. The third kappa shape index (κ3) is 3.13. The predicted molar refractivity (Wildman–Crippen MR) is 97.7 cm³/mol. The summed E-state index contributed by atoms with van der Waals surface area (Å²) < 4.78 is 6.06. The van der Waals surface area contributed by atoms with Crippen molar-refractivity contribution in [3.05, 3.63) is 66.4 Å². The number of rotatable bonds is 4. The smallest absolute Gasteiger partial charge is 0.143 e. The van der Waals surface area contributed by atoms with Crippen LogP contribution in [0.1, 0.15) is 11.1 Å². The molecule has 0 aliphatic heterocycles. The van der Waals surface area contributed by atoms with Gasteiger partial charge in [-0.1, -0.05) is 18.7 Å². The summed E-state index contributed by atoms with van der Waals surface area (Å²) in [5.41, 5.74) is 3.25. The summed E-state index contributed by atoms with van der Waals surface area (Å²) in [6, 6.07) is 11.2. The third-order valence-corrected chi connectivity index (χ3v) is 3.56. The van der Waals surface area contributed by atoms with E-state index in [1.165, 1.54) is 6.21 Å². The number of phenolic OH excluding ortho intramolecular Hbond substituents is 1. The van der Waals surface area contributed by atoms with E-state index in [0.29, 0.717) is 17.0 Å². The lowest BCUT2D eigenvalue weighted by Crippen LogP contribution is -1.90. The number of nitrogens with zero attached hydrogens (tertiary/aromatic N) is 2. The molecule has 24 heavy (non-hydrogen) atoms. The Balaban J connectivity index is 2.12. The maximum Gasteiger partial charge on any atom is 0.143 e. The van der Waals surface area contributed by atoms with Gasteiger partial charge in [0.1, 0.15) is 28.5 Å². The lowest BCUT2D eigenvalue weighted by Gasteiger charge is -2.11. The Morgan fingerprint density at radius 1 is 1.12 bits per heavy atom. The van der Waals surface area contributed by atoms with E-state index in [2.05, 4.69) is 22.6 Å². The molecule has 4 heteroatoms. The number of allylic oxidation sites excluding steroid dienone is 1. The highest BCUT2D eigenvalue weighted by Gasteiger charge is 2.11. The van der Waals surface area contributed by atoms with E-state index in [9.17, 15) is 5.11 Å². The number of benzene rings is 2. The fourth-order valence-corrected chi connectivity index (χ4v) is 2.63. The summed E-state index contributed by atoms with van der Waals surface area (Å²) in [6.45, 7) is 7.66. The zero-order chi connectivity index (χ0) is 17.1. The van der Waals surface area contributed by atoms with Crippen molar-refractivity contribution in [2.75, 3.05) is 0 Å². The van der Waals surface area contributed by atoms with Crippen LogP contribution in [0.4, 0.5) is 5.69 Å². The second-order valence-electron chi connectivity index (χ2n) is 5.58. The monoisotopic (exact) mass is 318 g/mol. The Morgan fingerprint density at radius 3 is 2.58 bits per heavy atom. The minimum Gasteiger partial charge on any atom is -0.506 e. The van der Waals surface area contributed by atoms with Crippen molar-refractivity contribution < 1.29 is 9.84 Å². The Morgan fingerprint density at radius 2 is 1.88 bits per heavy atom. The molecule has 0 aliphatic rings. The van der Waals surface area contributed by atoms with Crippen LogP contribution in [0.15, 0.2) is 60.2 Å². The van der Waals surface area contributed by atoms with Crippen LogP contribution in [-0.2, 0) is 0 Å². The number of aliphatic imine (C=N–C) groups is 1. The second-order valence-corrected chi connectivity index (χ2v) is 5.58. The number of phenols is 1. The number of aromatic nitrogens is 1. The van der Waals surface area contributed by atoms with Crippen LogP contribution in [0.2, 0.25) is 0 Å². The highest BCUT2D eigenvalue weighted by Crippen LogP contribution is 2.38. The molecule has 0 saturated carbocycles. The average Bonchev–Trinajstić information content (AvgIpc) is 2.53. The van der Waals surface area contributed by atoms with E-state index in [-0.39, 0.29) is 5.75 Å². The quantitative estimate of drug-likeness (QED) is 0.669. The van der Waals surface area contributed by atoms with E-state index in [1.807, 2.05) is 26.0 Å². The van der Waals surface area contributed by atoms with Crippen molar-refractivity contribution in [2.45, 2.75) is 13.8 Å². The van der Waals surface area contributed by atoms with Crippen molar-refractivity contribution in [3.63, 3.8) is 0 Å². The van der Waals surface area contributed by atoms with Gasteiger partial charge in [-0.25, -0.2) is 0 Å². The summed E-state index contributed by atoms with van der Waals surface area (Å²) in [4.78, 5) is 8.56.